The van der Waals surface area contributed by atoms with Crippen LogP contribution in [0.3, 0.4) is 0 Å². The molecule has 1 rings (SSSR count). The molecule has 0 bridgehead atoms. The highest BCUT2D eigenvalue weighted by Gasteiger charge is 2.21. The summed E-state index contributed by atoms with van der Waals surface area (Å²) in [4.78, 5) is 24.3. The highest BCUT2D eigenvalue weighted by Crippen LogP contribution is 2.14. The fraction of sp³-hybridized carbons (Fsp3) is 0.333. The van der Waals surface area contributed by atoms with Crippen molar-refractivity contribution in [2.24, 2.45) is 0 Å². The number of carbonyl (C=O) groups is 2. The van der Waals surface area contributed by atoms with Crippen molar-refractivity contribution in [3.8, 4) is 12.3 Å². The van der Waals surface area contributed by atoms with Gasteiger partial charge in [0, 0.05) is 19.2 Å². The van der Waals surface area contributed by atoms with E-state index in [2.05, 4.69) is 11.2 Å². The van der Waals surface area contributed by atoms with Crippen LogP contribution in [0.5, 0.6) is 0 Å². The van der Waals surface area contributed by atoms with Crippen LogP contribution in [0.15, 0.2) is 24.3 Å². The van der Waals surface area contributed by atoms with Gasteiger partial charge in [-0.05, 0) is 24.1 Å². The first-order valence-corrected chi connectivity index (χ1v) is 6.29. The third kappa shape index (κ3) is 4.02. The molecule has 5 heteroatoms. The number of anilines is 1. The van der Waals surface area contributed by atoms with Gasteiger partial charge in [-0.2, -0.15) is 0 Å². The molecule has 1 aromatic rings. The number of aliphatic carboxylic acids is 1. The summed E-state index contributed by atoms with van der Waals surface area (Å²) in [7, 11) is 1.57. The smallest absolute Gasteiger partial charge is 0.327 e. The predicted molar refractivity (Wildman–Crippen MR) is 77.6 cm³/mol. The maximum Gasteiger partial charge on any atom is 0.327 e. The summed E-state index contributed by atoms with van der Waals surface area (Å²) in [5.74, 6) is 1.09. The number of amides is 2. The predicted octanol–water partition coefficient (Wildman–Crippen LogP) is 1.87. The molecule has 0 aliphatic carbocycles. The minimum absolute atomic E-state index is 0.0519. The van der Waals surface area contributed by atoms with Crippen LogP contribution in [0.1, 0.15) is 18.9 Å². The van der Waals surface area contributed by atoms with Gasteiger partial charge in [0.15, 0.2) is 0 Å². The maximum absolute atomic E-state index is 12.0. The van der Waals surface area contributed by atoms with Crippen LogP contribution < -0.4 is 10.2 Å². The second-order valence-electron chi connectivity index (χ2n) is 4.33. The topological polar surface area (TPSA) is 69.6 Å². The summed E-state index contributed by atoms with van der Waals surface area (Å²) in [6.07, 6.45) is 5.95. The fourth-order valence-electron chi connectivity index (χ4n) is 1.64. The molecule has 106 valence electrons. The molecule has 0 saturated carbocycles. The van der Waals surface area contributed by atoms with E-state index in [1.807, 2.05) is 31.2 Å². The molecule has 0 spiro atoms. The van der Waals surface area contributed by atoms with Crippen molar-refractivity contribution in [1.82, 2.24) is 5.32 Å². The van der Waals surface area contributed by atoms with Crippen LogP contribution in [-0.4, -0.2) is 30.2 Å². The van der Waals surface area contributed by atoms with Gasteiger partial charge in [0.2, 0.25) is 0 Å². The first-order valence-electron chi connectivity index (χ1n) is 6.29. The lowest BCUT2D eigenvalue weighted by Gasteiger charge is -2.20. The van der Waals surface area contributed by atoms with Gasteiger partial charge in [0.1, 0.15) is 6.04 Å². The number of urea groups is 1. The Bertz CT molecular complexity index is 517. The highest BCUT2D eigenvalue weighted by molar-refractivity contribution is 5.94. The van der Waals surface area contributed by atoms with Gasteiger partial charge in [-0.3, -0.25) is 4.90 Å². The van der Waals surface area contributed by atoms with E-state index in [0.29, 0.717) is 5.69 Å². The summed E-state index contributed by atoms with van der Waals surface area (Å²) < 4.78 is 0. The minimum Gasteiger partial charge on any atom is -0.480 e. The third-order valence-corrected chi connectivity index (χ3v) is 2.95. The monoisotopic (exact) mass is 274 g/mol. The Morgan fingerprint density at radius 1 is 1.40 bits per heavy atom. The third-order valence-electron chi connectivity index (χ3n) is 2.95. The standard InChI is InChI=1S/C15H18N2O3/c1-4-6-13(14(18)19)16-15(20)17(3)12-9-7-11(5-2)8-10-12/h1,7-10,13H,5-6H2,2-3H3,(H,16,20)(H,18,19). The molecular weight excluding hydrogens is 256 g/mol. The van der Waals surface area contributed by atoms with Crippen LogP contribution >= 0.6 is 0 Å². The number of hydrogen-bond acceptors (Lipinski definition) is 2. The van der Waals surface area contributed by atoms with E-state index in [1.165, 1.54) is 10.5 Å². The van der Waals surface area contributed by atoms with Crippen molar-refractivity contribution in [2.45, 2.75) is 25.8 Å². The average Bonchev–Trinajstić information content (AvgIpc) is 2.45. The zero-order valence-electron chi connectivity index (χ0n) is 11.6. The molecule has 1 aromatic carbocycles. The lowest BCUT2D eigenvalue weighted by molar-refractivity contribution is -0.139. The van der Waals surface area contributed by atoms with Gasteiger partial charge in [0.05, 0.1) is 0 Å². The van der Waals surface area contributed by atoms with Crippen LogP contribution in [-0.2, 0) is 11.2 Å². The Kier molecular flexibility index (Phi) is 5.60. The summed E-state index contributed by atoms with van der Waals surface area (Å²) in [5.41, 5.74) is 1.85. The van der Waals surface area contributed by atoms with Gasteiger partial charge in [0.25, 0.3) is 0 Å². The van der Waals surface area contributed by atoms with E-state index < -0.39 is 18.0 Å². The van der Waals surface area contributed by atoms with Crippen molar-refractivity contribution in [3.05, 3.63) is 29.8 Å². The summed E-state index contributed by atoms with van der Waals surface area (Å²) in [6.45, 7) is 2.04. The van der Waals surface area contributed by atoms with Crippen molar-refractivity contribution in [1.29, 1.82) is 0 Å². The molecule has 0 aliphatic rings. The van der Waals surface area contributed by atoms with Gasteiger partial charge < -0.3 is 10.4 Å². The van der Waals surface area contributed by atoms with E-state index in [-0.39, 0.29) is 6.42 Å². The number of carboxylic acids is 1. The van der Waals surface area contributed by atoms with E-state index in [4.69, 9.17) is 11.5 Å². The van der Waals surface area contributed by atoms with E-state index in [9.17, 15) is 9.59 Å². The zero-order chi connectivity index (χ0) is 15.1. The highest BCUT2D eigenvalue weighted by atomic mass is 16.4. The van der Waals surface area contributed by atoms with E-state index >= 15 is 0 Å². The Labute approximate surface area is 118 Å². The minimum atomic E-state index is -1.15. The molecule has 0 radical (unpaired) electrons. The van der Waals surface area contributed by atoms with Crippen molar-refractivity contribution in [3.63, 3.8) is 0 Å². The second-order valence-corrected chi connectivity index (χ2v) is 4.33. The lowest BCUT2D eigenvalue weighted by Crippen LogP contribution is -2.46. The first-order chi connectivity index (χ1) is 9.49. The molecule has 20 heavy (non-hydrogen) atoms. The Balaban J connectivity index is 2.75. The van der Waals surface area contributed by atoms with Gasteiger partial charge >= 0.3 is 12.0 Å². The number of nitrogens with zero attached hydrogens (tertiary/aromatic N) is 1. The molecule has 1 atom stereocenters. The summed E-state index contributed by atoms with van der Waals surface area (Å²) >= 11 is 0. The zero-order valence-corrected chi connectivity index (χ0v) is 11.6. The number of aryl methyl sites for hydroxylation is 1. The molecule has 0 saturated heterocycles. The quantitative estimate of drug-likeness (QED) is 0.805. The number of carbonyl (C=O) groups excluding carboxylic acids is 1. The molecule has 0 heterocycles. The average molecular weight is 274 g/mol. The fourth-order valence-corrected chi connectivity index (χ4v) is 1.64. The lowest BCUT2D eigenvalue weighted by atomic mass is 10.1. The Hall–Kier alpha value is -2.48. The van der Waals surface area contributed by atoms with Crippen molar-refractivity contribution >= 4 is 17.7 Å². The molecule has 5 nitrogen and oxygen atoms in total. The number of nitrogens with one attached hydrogen (secondary N) is 1. The number of terminal acetylenes is 1. The number of hydrogen-bond donors (Lipinski definition) is 2. The Morgan fingerprint density at radius 2 is 2.00 bits per heavy atom. The maximum atomic E-state index is 12.0. The second kappa shape index (κ2) is 7.19. The SMILES string of the molecule is C#CCC(NC(=O)N(C)c1ccc(CC)cc1)C(=O)O. The van der Waals surface area contributed by atoms with Gasteiger partial charge in [-0.15, -0.1) is 12.3 Å². The molecule has 1 unspecified atom stereocenters. The van der Waals surface area contributed by atoms with Crippen LogP contribution in [0.25, 0.3) is 0 Å². The molecule has 0 aromatic heterocycles. The van der Waals surface area contributed by atoms with Gasteiger partial charge in [-0.25, -0.2) is 9.59 Å². The van der Waals surface area contributed by atoms with Gasteiger partial charge in [-0.1, -0.05) is 19.1 Å². The van der Waals surface area contributed by atoms with Crippen LogP contribution in [0, 0.1) is 12.3 Å². The molecular formula is C15H18N2O3. The van der Waals surface area contributed by atoms with E-state index in [0.717, 1.165) is 6.42 Å². The largest absolute Gasteiger partial charge is 0.480 e. The molecule has 2 amide bonds. The summed E-state index contributed by atoms with van der Waals surface area (Å²) in [5, 5.41) is 11.3. The molecule has 0 fully saturated rings. The number of carboxylic acid groups (broad SMARTS) is 1. The van der Waals surface area contributed by atoms with Crippen molar-refractivity contribution < 1.29 is 14.7 Å². The van der Waals surface area contributed by atoms with Crippen LogP contribution in [0.4, 0.5) is 10.5 Å². The molecule has 2 N–H and O–H groups in total. The van der Waals surface area contributed by atoms with Crippen molar-refractivity contribution in [2.75, 3.05) is 11.9 Å². The van der Waals surface area contributed by atoms with E-state index in [1.54, 1.807) is 7.05 Å². The number of rotatable bonds is 5. The van der Waals surface area contributed by atoms with Crippen LogP contribution in [0.2, 0.25) is 0 Å². The summed E-state index contributed by atoms with van der Waals surface area (Å²) in [6, 6.07) is 5.90. The molecule has 0 aliphatic heterocycles. The normalized spacial score (nSPS) is 11.2. The Morgan fingerprint density at radius 3 is 2.45 bits per heavy atom. The number of benzene rings is 1. The first kappa shape index (κ1) is 15.6.